The van der Waals surface area contributed by atoms with Gasteiger partial charge in [0.2, 0.25) is 6.04 Å². The number of carboxylic acid groups (broad SMARTS) is 1. The van der Waals surface area contributed by atoms with Gasteiger partial charge in [-0.25, -0.2) is 9.78 Å². The molecular formula is C21H22ClN7O5S3. The lowest BCUT2D eigenvalue weighted by Gasteiger charge is -2.50. The number of amides is 2. The van der Waals surface area contributed by atoms with E-state index in [1.807, 2.05) is 6.07 Å². The number of nitroso groups, excluding NO2 is 1. The average molecular weight is 584 g/mol. The molecule has 2 amide bonds. The number of nitrogens with one attached hydrogen (secondary N) is 1. The third-order valence-corrected chi connectivity index (χ3v) is 9.07. The van der Waals surface area contributed by atoms with E-state index in [-0.39, 0.29) is 20.9 Å². The van der Waals surface area contributed by atoms with E-state index >= 15 is 0 Å². The number of β-lactam (4-membered cyclic amide) rings is 1. The van der Waals surface area contributed by atoms with Crippen LogP contribution in [0.15, 0.2) is 39.0 Å². The number of carboxylic acids is 1. The van der Waals surface area contributed by atoms with E-state index in [1.165, 1.54) is 16.7 Å². The predicted octanol–water partition coefficient (Wildman–Crippen LogP) is 2.35. The smallest absolute Gasteiger partial charge is 0.353 e. The molecule has 4 heterocycles. The van der Waals surface area contributed by atoms with Gasteiger partial charge in [-0.2, -0.15) is 11.8 Å². The number of thioether (sulfide) groups is 2. The van der Waals surface area contributed by atoms with E-state index in [4.69, 9.17) is 23.1 Å². The minimum Gasteiger partial charge on any atom is -0.477 e. The van der Waals surface area contributed by atoms with E-state index in [0.29, 0.717) is 30.0 Å². The standard InChI is InChI=1S/C21H22ClN7O5S3/c22-17-14(27-21(24)37-17)15(28-34)18(30)26-13-10-3-4-12(16(20(32)33)29(10)19(13)31)36-11-2-1-6-25-9(11)8-35-7-5-23/h1-2,6,10,13,15H,3-5,7-8,23H2,(H2,24,27)(H,26,30)(H,32,33)/t10-,13+,15?/m1/s1. The summed E-state index contributed by atoms with van der Waals surface area (Å²) < 4.78 is 0.0467. The van der Waals surface area contributed by atoms with Crippen LogP contribution in [0, 0.1) is 4.91 Å². The van der Waals surface area contributed by atoms with Gasteiger partial charge in [0.25, 0.3) is 11.8 Å². The molecule has 2 aromatic rings. The van der Waals surface area contributed by atoms with Crippen LogP contribution in [0.3, 0.4) is 0 Å². The number of aliphatic carboxylic acids is 1. The van der Waals surface area contributed by atoms with Crippen molar-refractivity contribution < 1.29 is 19.5 Å². The molecule has 0 aliphatic carbocycles. The van der Waals surface area contributed by atoms with Gasteiger partial charge in [-0.15, -0.1) is 4.91 Å². The van der Waals surface area contributed by atoms with Crippen molar-refractivity contribution in [2.24, 2.45) is 10.9 Å². The highest BCUT2D eigenvalue weighted by Crippen LogP contribution is 2.44. The van der Waals surface area contributed by atoms with Gasteiger partial charge in [0.05, 0.1) is 11.7 Å². The first-order valence-corrected chi connectivity index (χ1v) is 14.2. The minimum absolute atomic E-state index is 0.0467. The molecule has 196 valence electrons. The second-order valence-electron chi connectivity index (χ2n) is 7.99. The van der Waals surface area contributed by atoms with Crippen molar-refractivity contribution in [1.29, 1.82) is 0 Å². The maximum absolute atomic E-state index is 13.0. The molecule has 12 nitrogen and oxygen atoms in total. The van der Waals surface area contributed by atoms with Gasteiger partial charge >= 0.3 is 5.97 Å². The number of nitrogen functional groups attached to an aromatic ring is 1. The lowest BCUT2D eigenvalue weighted by molar-refractivity contribution is -0.156. The first kappa shape index (κ1) is 27.3. The normalized spacial score (nSPS) is 19.7. The average Bonchev–Trinajstić information content (AvgIpc) is 3.20. The molecule has 0 spiro atoms. The largest absolute Gasteiger partial charge is 0.477 e. The predicted molar refractivity (Wildman–Crippen MR) is 142 cm³/mol. The summed E-state index contributed by atoms with van der Waals surface area (Å²) in [6, 6.07) is 0.454. The monoisotopic (exact) mass is 583 g/mol. The highest BCUT2D eigenvalue weighted by atomic mass is 35.5. The Morgan fingerprint density at radius 3 is 2.86 bits per heavy atom. The molecule has 2 aliphatic rings. The Labute approximate surface area is 228 Å². The first-order valence-electron chi connectivity index (χ1n) is 11.0. The molecule has 0 bridgehead atoms. The Bertz CT molecular complexity index is 1270. The molecule has 2 aromatic heterocycles. The summed E-state index contributed by atoms with van der Waals surface area (Å²) in [6.07, 6.45) is 2.46. The summed E-state index contributed by atoms with van der Waals surface area (Å²) in [5, 5.41) is 15.3. The fourth-order valence-corrected chi connectivity index (χ4v) is 7.04. The van der Waals surface area contributed by atoms with Crippen LogP contribution in [0.25, 0.3) is 0 Å². The number of hydrogen-bond donors (Lipinski definition) is 4. The molecule has 0 aromatic carbocycles. The summed E-state index contributed by atoms with van der Waals surface area (Å²) in [4.78, 5) is 60.2. The fourth-order valence-electron chi connectivity index (χ4n) is 4.09. The molecule has 1 unspecified atom stereocenters. The molecule has 1 saturated heterocycles. The lowest BCUT2D eigenvalue weighted by atomic mass is 9.86. The van der Waals surface area contributed by atoms with Crippen LogP contribution in [-0.4, -0.2) is 62.1 Å². The molecule has 0 saturated carbocycles. The zero-order valence-electron chi connectivity index (χ0n) is 19.1. The Kier molecular flexibility index (Phi) is 8.69. The highest BCUT2D eigenvalue weighted by Gasteiger charge is 2.54. The molecule has 1 fully saturated rings. The maximum Gasteiger partial charge on any atom is 0.353 e. The second-order valence-corrected chi connectivity index (χ2v) is 11.9. The summed E-state index contributed by atoms with van der Waals surface area (Å²) >= 11 is 9.80. The number of carbonyl (C=O) groups is 3. The number of fused-ring (bicyclic) bond motifs is 1. The van der Waals surface area contributed by atoms with Crippen molar-refractivity contribution in [3.63, 3.8) is 0 Å². The van der Waals surface area contributed by atoms with E-state index < -0.39 is 35.9 Å². The van der Waals surface area contributed by atoms with Crippen molar-refractivity contribution in [2.45, 2.75) is 41.6 Å². The number of thiazole rings is 1. The third-order valence-electron chi connectivity index (χ3n) is 5.71. The van der Waals surface area contributed by atoms with Crippen molar-refractivity contribution in [3.05, 3.63) is 49.6 Å². The highest BCUT2D eigenvalue weighted by molar-refractivity contribution is 8.03. The van der Waals surface area contributed by atoms with E-state index in [9.17, 15) is 24.4 Å². The van der Waals surface area contributed by atoms with Gasteiger partial charge in [0.1, 0.15) is 21.8 Å². The molecule has 0 radical (unpaired) electrons. The molecule has 6 N–H and O–H groups in total. The second kappa shape index (κ2) is 11.8. The Morgan fingerprint density at radius 1 is 1.43 bits per heavy atom. The summed E-state index contributed by atoms with van der Waals surface area (Å²) in [6.45, 7) is 0.541. The van der Waals surface area contributed by atoms with Gasteiger partial charge in [0, 0.05) is 34.0 Å². The van der Waals surface area contributed by atoms with Crippen LogP contribution < -0.4 is 16.8 Å². The van der Waals surface area contributed by atoms with Crippen LogP contribution in [-0.2, 0) is 20.1 Å². The van der Waals surface area contributed by atoms with E-state index in [2.05, 4.69) is 20.5 Å². The van der Waals surface area contributed by atoms with Crippen LogP contribution in [0.5, 0.6) is 0 Å². The van der Waals surface area contributed by atoms with Crippen LogP contribution in [0.4, 0.5) is 5.13 Å². The number of pyridine rings is 1. The minimum atomic E-state index is -1.59. The molecule has 16 heteroatoms. The summed E-state index contributed by atoms with van der Waals surface area (Å²) in [7, 11) is 0. The number of rotatable bonds is 11. The number of halogens is 1. The van der Waals surface area contributed by atoms with Crippen molar-refractivity contribution >= 4 is 69.4 Å². The van der Waals surface area contributed by atoms with Gasteiger partial charge in [-0.3, -0.25) is 19.5 Å². The molecule has 2 aliphatic heterocycles. The van der Waals surface area contributed by atoms with Crippen LogP contribution in [0.1, 0.15) is 30.3 Å². The molecular weight excluding hydrogens is 562 g/mol. The topological polar surface area (TPSA) is 194 Å². The SMILES string of the molecule is NCCSCc1ncccc1SC1=C(C(=O)O)N2C(=O)[C@@H](NC(=O)C(N=O)c3nc(N)sc3Cl)[C@H]2CC1. The Hall–Kier alpha value is -2.72. The van der Waals surface area contributed by atoms with Crippen molar-refractivity contribution in [2.75, 3.05) is 18.0 Å². The summed E-state index contributed by atoms with van der Waals surface area (Å²) in [5.74, 6) is -1.31. The van der Waals surface area contributed by atoms with Gasteiger partial charge in [-0.05, 0) is 30.2 Å². The quantitative estimate of drug-likeness (QED) is 0.172. The Morgan fingerprint density at radius 2 is 2.22 bits per heavy atom. The number of hydrogen-bond acceptors (Lipinski definition) is 12. The fraction of sp³-hybridized carbons (Fsp3) is 0.381. The molecule has 4 rings (SSSR count). The number of nitrogens with two attached hydrogens (primary N) is 2. The van der Waals surface area contributed by atoms with Gasteiger partial charge in [-0.1, -0.05) is 34.7 Å². The number of allylic oxidation sites excluding steroid dienone is 1. The molecule has 3 atom stereocenters. The third kappa shape index (κ3) is 5.60. The summed E-state index contributed by atoms with van der Waals surface area (Å²) in [5.41, 5.74) is 11.7. The van der Waals surface area contributed by atoms with E-state index in [1.54, 1.807) is 24.0 Å². The van der Waals surface area contributed by atoms with Gasteiger partial charge < -0.3 is 21.9 Å². The zero-order chi connectivity index (χ0) is 26.7. The number of carbonyl (C=O) groups excluding carboxylic acids is 2. The Balaban J connectivity index is 1.52. The van der Waals surface area contributed by atoms with Crippen molar-refractivity contribution in [3.8, 4) is 0 Å². The van der Waals surface area contributed by atoms with Crippen LogP contribution >= 0.6 is 46.5 Å². The lowest BCUT2D eigenvalue weighted by Crippen LogP contribution is -2.71. The van der Waals surface area contributed by atoms with Gasteiger partial charge in [0.15, 0.2) is 5.13 Å². The number of aromatic nitrogens is 2. The number of nitrogens with zero attached hydrogens (tertiary/aromatic N) is 4. The number of anilines is 1. The van der Waals surface area contributed by atoms with E-state index in [0.717, 1.165) is 27.7 Å². The maximum atomic E-state index is 13.0. The van der Waals surface area contributed by atoms with Crippen molar-refractivity contribution in [1.82, 2.24) is 20.2 Å². The van der Waals surface area contributed by atoms with Crippen LogP contribution in [0.2, 0.25) is 4.34 Å². The first-order chi connectivity index (χ1) is 17.8. The zero-order valence-corrected chi connectivity index (χ0v) is 22.3. The molecule has 37 heavy (non-hydrogen) atoms.